The van der Waals surface area contributed by atoms with Crippen molar-refractivity contribution in [3.8, 4) is 28.1 Å². The number of benzene rings is 2. The van der Waals surface area contributed by atoms with E-state index in [2.05, 4.69) is 23.2 Å². The number of nitrogens with zero attached hydrogens (tertiary/aromatic N) is 2. The quantitative estimate of drug-likeness (QED) is 0.274. The number of carboxylic acid groups (broad SMARTS) is 1. The van der Waals surface area contributed by atoms with Crippen molar-refractivity contribution < 1.29 is 19.4 Å². The number of aliphatic carboxylic acids is 1. The normalized spacial score (nSPS) is 27.4. The molecular formula is C36H40ClN3O4. The summed E-state index contributed by atoms with van der Waals surface area (Å²) in [6.45, 7) is 5.63. The first-order valence-electron chi connectivity index (χ1n) is 16.1. The zero-order chi connectivity index (χ0) is 30.4. The van der Waals surface area contributed by atoms with Crippen LogP contribution in [0.5, 0.6) is 5.75 Å². The predicted octanol–water partition coefficient (Wildman–Crippen LogP) is 6.86. The molecule has 1 aromatic heterocycles. The molecule has 0 atom stereocenters. The van der Waals surface area contributed by atoms with E-state index in [1.165, 1.54) is 19.3 Å². The van der Waals surface area contributed by atoms with Crippen LogP contribution in [0, 0.1) is 30.6 Å². The van der Waals surface area contributed by atoms with Crippen molar-refractivity contribution in [3.05, 3.63) is 70.9 Å². The molecule has 1 aliphatic heterocycles. The Bertz CT molecular complexity index is 1560. The first-order chi connectivity index (χ1) is 21.3. The van der Waals surface area contributed by atoms with Crippen molar-refractivity contribution in [2.24, 2.45) is 23.7 Å². The molecule has 8 heteroatoms. The Balaban J connectivity index is 1.23. The molecule has 8 rings (SSSR count). The second-order valence-electron chi connectivity index (χ2n) is 13.4. The summed E-state index contributed by atoms with van der Waals surface area (Å²) in [6.07, 6.45) is 7.14. The number of nitrogens with one attached hydrogen (secondary N) is 1. The van der Waals surface area contributed by atoms with Gasteiger partial charge in [-0.2, -0.15) is 0 Å². The molecule has 2 heterocycles. The Morgan fingerprint density at radius 3 is 2.36 bits per heavy atom. The van der Waals surface area contributed by atoms with Gasteiger partial charge in [-0.1, -0.05) is 41.9 Å². The molecule has 2 N–H and O–H groups in total. The zero-order valence-electron chi connectivity index (χ0n) is 25.2. The number of rotatable bonds is 9. The Labute approximate surface area is 264 Å². The van der Waals surface area contributed by atoms with Crippen LogP contribution >= 0.6 is 11.6 Å². The molecule has 4 saturated carbocycles. The summed E-state index contributed by atoms with van der Waals surface area (Å²) >= 11 is 6.58. The SMILES string of the molecule is Cc1ccccc1-c1ccc(C(=O)NC2(C(=O)O)C3CC4CC(C3)CC2C4)nc1-c1ccc(Cl)c(OCCN2CCCC2)c1. The lowest BCUT2D eigenvalue weighted by Crippen LogP contribution is -2.70. The highest BCUT2D eigenvalue weighted by molar-refractivity contribution is 6.32. The van der Waals surface area contributed by atoms with Gasteiger partial charge in [-0.05, 0) is 124 Å². The number of hydrogen-bond donors (Lipinski definition) is 2. The largest absolute Gasteiger partial charge is 0.491 e. The topological polar surface area (TPSA) is 91.8 Å². The van der Waals surface area contributed by atoms with E-state index in [0.29, 0.717) is 34.9 Å². The molecule has 7 nitrogen and oxygen atoms in total. The number of carboxylic acids is 1. The molecule has 0 radical (unpaired) electrons. The van der Waals surface area contributed by atoms with Gasteiger partial charge in [0.25, 0.3) is 5.91 Å². The number of carbonyl (C=O) groups excluding carboxylic acids is 1. The summed E-state index contributed by atoms with van der Waals surface area (Å²) in [4.78, 5) is 34.2. The maximum Gasteiger partial charge on any atom is 0.330 e. The second-order valence-corrected chi connectivity index (χ2v) is 13.8. The average molecular weight is 614 g/mol. The highest BCUT2D eigenvalue weighted by atomic mass is 35.5. The summed E-state index contributed by atoms with van der Waals surface area (Å²) < 4.78 is 6.16. The molecule has 0 spiro atoms. The van der Waals surface area contributed by atoms with E-state index in [1.807, 2.05) is 42.5 Å². The van der Waals surface area contributed by atoms with Gasteiger partial charge in [0.05, 0.1) is 10.7 Å². The minimum atomic E-state index is -1.24. The van der Waals surface area contributed by atoms with E-state index in [0.717, 1.165) is 67.6 Å². The summed E-state index contributed by atoms with van der Waals surface area (Å²) in [7, 11) is 0. The summed E-state index contributed by atoms with van der Waals surface area (Å²) in [5, 5.41) is 14.2. The van der Waals surface area contributed by atoms with Crippen molar-refractivity contribution >= 4 is 23.5 Å². The van der Waals surface area contributed by atoms with Crippen molar-refractivity contribution in [1.29, 1.82) is 0 Å². The minimum absolute atomic E-state index is 0.0394. The Morgan fingerprint density at radius 2 is 1.68 bits per heavy atom. The van der Waals surface area contributed by atoms with Crippen LogP contribution in [0.15, 0.2) is 54.6 Å². The van der Waals surface area contributed by atoms with Gasteiger partial charge >= 0.3 is 5.97 Å². The molecule has 3 aromatic rings. The third-order valence-electron chi connectivity index (χ3n) is 10.7. The first kappa shape index (κ1) is 29.3. The lowest BCUT2D eigenvalue weighted by Gasteiger charge is -2.59. The number of hydrogen-bond acceptors (Lipinski definition) is 5. The number of pyridine rings is 1. The monoisotopic (exact) mass is 613 g/mol. The summed E-state index contributed by atoms with van der Waals surface area (Å²) in [5.74, 6) is 0.311. The number of ether oxygens (including phenoxy) is 1. The average Bonchev–Trinajstić information content (AvgIpc) is 3.53. The fraction of sp³-hybridized carbons (Fsp3) is 0.472. The van der Waals surface area contributed by atoms with Gasteiger partial charge in [-0.15, -0.1) is 0 Å². The van der Waals surface area contributed by atoms with E-state index in [-0.39, 0.29) is 17.5 Å². The third-order valence-corrected chi connectivity index (χ3v) is 11.0. The van der Waals surface area contributed by atoms with Crippen LogP contribution in [0.1, 0.15) is 61.0 Å². The number of amides is 1. The molecule has 44 heavy (non-hydrogen) atoms. The molecule has 1 amide bonds. The first-order valence-corrected chi connectivity index (χ1v) is 16.5. The Kier molecular flexibility index (Phi) is 7.87. The zero-order valence-corrected chi connectivity index (χ0v) is 26.0. The van der Waals surface area contributed by atoms with Crippen molar-refractivity contribution in [2.75, 3.05) is 26.2 Å². The fourth-order valence-corrected chi connectivity index (χ4v) is 8.91. The van der Waals surface area contributed by atoms with Crippen LogP contribution in [0.3, 0.4) is 0 Å². The number of aromatic nitrogens is 1. The van der Waals surface area contributed by atoms with Crippen LogP contribution in [0.25, 0.3) is 22.4 Å². The van der Waals surface area contributed by atoms with E-state index in [9.17, 15) is 14.7 Å². The van der Waals surface area contributed by atoms with E-state index in [4.69, 9.17) is 21.3 Å². The second kappa shape index (κ2) is 11.8. The lowest BCUT2D eigenvalue weighted by molar-refractivity contribution is -0.163. The molecule has 4 aliphatic carbocycles. The lowest BCUT2D eigenvalue weighted by atomic mass is 9.48. The third kappa shape index (κ3) is 5.28. The number of carbonyl (C=O) groups is 2. The van der Waals surface area contributed by atoms with Gasteiger partial charge < -0.3 is 15.2 Å². The highest BCUT2D eigenvalue weighted by Gasteiger charge is 2.62. The van der Waals surface area contributed by atoms with Crippen molar-refractivity contribution in [3.63, 3.8) is 0 Å². The van der Waals surface area contributed by atoms with Gasteiger partial charge in [0.1, 0.15) is 23.6 Å². The van der Waals surface area contributed by atoms with Crippen LogP contribution < -0.4 is 10.1 Å². The van der Waals surface area contributed by atoms with Crippen LogP contribution in [0.2, 0.25) is 5.02 Å². The standard InChI is InChI=1S/C36H40ClN3O4/c1-22-6-2-3-7-28(22)29-9-11-31(34(41)39-36(35(42)43)26-17-23-16-24(19-26)20-27(36)18-23)38-33(29)25-8-10-30(37)32(21-25)44-15-14-40-12-4-5-13-40/h2-3,6-11,21,23-24,26-27H,4-5,12-20H2,1H3,(H,39,41)(H,42,43). The van der Waals surface area contributed by atoms with Crippen molar-refractivity contribution in [2.45, 2.75) is 57.4 Å². The van der Waals surface area contributed by atoms with Crippen LogP contribution in [-0.4, -0.2) is 58.6 Å². The van der Waals surface area contributed by atoms with Crippen LogP contribution in [-0.2, 0) is 4.79 Å². The molecular weight excluding hydrogens is 574 g/mol. The number of aryl methyl sites for hydroxylation is 1. The van der Waals surface area contributed by atoms with Gasteiger partial charge in [0.2, 0.25) is 0 Å². The Morgan fingerprint density at radius 1 is 0.977 bits per heavy atom. The highest BCUT2D eigenvalue weighted by Crippen LogP contribution is 2.58. The molecule has 5 aliphatic rings. The van der Waals surface area contributed by atoms with E-state index in [1.54, 1.807) is 6.07 Å². The van der Waals surface area contributed by atoms with E-state index >= 15 is 0 Å². The van der Waals surface area contributed by atoms with Crippen LogP contribution in [0.4, 0.5) is 0 Å². The smallest absolute Gasteiger partial charge is 0.330 e. The molecule has 1 saturated heterocycles. The van der Waals surface area contributed by atoms with Gasteiger partial charge in [0.15, 0.2) is 0 Å². The number of likely N-dealkylation sites (tertiary alicyclic amines) is 1. The van der Waals surface area contributed by atoms with Gasteiger partial charge in [-0.25, -0.2) is 9.78 Å². The minimum Gasteiger partial charge on any atom is -0.491 e. The fourth-order valence-electron chi connectivity index (χ4n) is 8.74. The summed E-state index contributed by atoms with van der Waals surface area (Å²) in [5.41, 5.74) is 3.35. The predicted molar refractivity (Wildman–Crippen MR) is 171 cm³/mol. The molecule has 4 bridgehead atoms. The van der Waals surface area contributed by atoms with Gasteiger partial charge in [0, 0.05) is 17.7 Å². The maximum absolute atomic E-state index is 13.9. The molecule has 2 aromatic carbocycles. The van der Waals surface area contributed by atoms with Crippen molar-refractivity contribution in [1.82, 2.24) is 15.2 Å². The Hall–Kier alpha value is -3.42. The maximum atomic E-state index is 13.9. The molecule has 0 unspecified atom stereocenters. The van der Waals surface area contributed by atoms with Gasteiger partial charge in [-0.3, -0.25) is 9.69 Å². The molecule has 5 fully saturated rings. The van der Waals surface area contributed by atoms with E-state index < -0.39 is 17.4 Å². The summed E-state index contributed by atoms with van der Waals surface area (Å²) in [6, 6.07) is 17.3. The number of halogens is 1. The molecule has 230 valence electrons.